The molecule has 0 bridgehead atoms. The lowest BCUT2D eigenvalue weighted by Crippen LogP contribution is -2.45. The van der Waals surface area contributed by atoms with E-state index in [1.165, 1.54) is 0 Å². The summed E-state index contributed by atoms with van der Waals surface area (Å²) in [4.78, 5) is 29.0. The summed E-state index contributed by atoms with van der Waals surface area (Å²) in [5.41, 5.74) is 1.81. The maximum absolute atomic E-state index is 13.0. The summed E-state index contributed by atoms with van der Waals surface area (Å²) in [6, 6.07) is 16.9. The number of nitrogens with zero attached hydrogens (tertiary/aromatic N) is 2. The molecule has 0 unspecified atom stereocenters. The minimum Gasteiger partial charge on any atom is -0.338 e. The predicted octanol–water partition coefficient (Wildman–Crippen LogP) is 4.63. The number of carbonyl (C=O) groups excluding carboxylic acids is 2. The fourth-order valence-electron chi connectivity index (χ4n) is 3.51. The fraction of sp³-hybridized carbons (Fsp3) is 0.364. The topological polar surface area (TPSA) is 52.7 Å². The number of urea groups is 1. The Kier molecular flexibility index (Phi) is 6.93. The Balaban J connectivity index is 1.52. The number of benzene rings is 2. The van der Waals surface area contributed by atoms with Gasteiger partial charge in [-0.15, -0.1) is 0 Å². The van der Waals surface area contributed by atoms with Crippen molar-refractivity contribution in [3.05, 3.63) is 65.2 Å². The second-order valence-electron chi connectivity index (χ2n) is 7.04. The largest absolute Gasteiger partial charge is 0.338 e. The van der Waals surface area contributed by atoms with Gasteiger partial charge in [0.1, 0.15) is 0 Å². The van der Waals surface area contributed by atoms with Gasteiger partial charge in [0.25, 0.3) is 0 Å². The summed E-state index contributed by atoms with van der Waals surface area (Å²) < 4.78 is 0. The minimum absolute atomic E-state index is 0.0418. The van der Waals surface area contributed by atoms with Crippen molar-refractivity contribution in [1.82, 2.24) is 9.80 Å². The molecule has 0 aliphatic carbocycles. The summed E-state index contributed by atoms with van der Waals surface area (Å²) in [5, 5.41) is 3.59. The van der Waals surface area contributed by atoms with Crippen LogP contribution in [0.1, 0.15) is 25.3 Å². The van der Waals surface area contributed by atoms with Gasteiger partial charge in [-0.05, 0) is 49.6 Å². The van der Waals surface area contributed by atoms with E-state index >= 15 is 0 Å². The van der Waals surface area contributed by atoms with Crippen LogP contribution in [0.2, 0.25) is 5.02 Å². The molecule has 2 aromatic rings. The van der Waals surface area contributed by atoms with E-state index in [1.54, 1.807) is 4.90 Å². The Morgan fingerprint density at radius 3 is 2.46 bits per heavy atom. The van der Waals surface area contributed by atoms with Crippen LogP contribution in [0.15, 0.2) is 54.6 Å². The number of anilines is 1. The highest BCUT2D eigenvalue weighted by Crippen LogP contribution is 2.22. The highest BCUT2D eigenvalue weighted by molar-refractivity contribution is 6.30. The van der Waals surface area contributed by atoms with Crippen molar-refractivity contribution in [3.8, 4) is 0 Å². The fourth-order valence-corrected chi connectivity index (χ4v) is 3.73. The van der Waals surface area contributed by atoms with Gasteiger partial charge in [0.15, 0.2) is 0 Å². The van der Waals surface area contributed by atoms with Crippen LogP contribution < -0.4 is 5.32 Å². The molecule has 1 heterocycles. The molecule has 0 atom stereocenters. The van der Waals surface area contributed by atoms with E-state index in [0.717, 1.165) is 11.3 Å². The maximum atomic E-state index is 13.0. The molecule has 0 spiro atoms. The zero-order chi connectivity index (χ0) is 19.9. The second kappa shape index (κ2) is 9.60. The Labute approximate surface area is 171 Å². The Bertz CT molecular complexity index is 804. The summed E-state index contributed by atoms with van der Waals surface area (Å²) in [6.45, 7) is 4.38. The van der Waals surface area contributed by atoms with E-state index < -0.39 is 0 Å². The zero-order valence-electron chi connectivity index (χ0n) is 16.1. The summed E-state index contributed by atoms with van der Waals surface area (Å²) in [6.07, 6.45) is 1.38. The number of carbonyl (C=O) groups is 2. The van der Waals surface area contributed by atoms with Gasteiger partial charge in [0.2, 0.25) is 5.91 Å². The highest BCUT2D eigenvalue weighted by atomic mass is 35.5. The second-order valence-corrected chi connectivity index (χ2v) is 7.48. The van der Waals surface area contributed by atoms with Gasteiger partial charge in [0, 0.05) is 42.8 Å². The third kappa shape index (κ3) is 5.26. The van der Waals surface area contributed by atoms with Crippen molar-refractivity contribution in [1.29, 1.82) is 0 Å². The van der Waals surface area contributed by atoms with Crippen LogP contribution in [-0.2, 0) is 11.3 Å². The predicted molar refractivity (Wildman–Crippen MR) is 112 cm³/mol. The third-order valence-corrected chi connectivity index (χ3v) is 5.35. The summed E-state index contributed by atoms with van der Waals surface area (Å²) >= 11 is 6.06. The van der Waals surface area contributed by atoms with E-state index in [0.29, 0.717) is 44.0 Å². The number of hydrogen-bond acceptors (Lipinski definition) is 2. The lowest BCUT2D eigenvalue weighted by Gasteiger charge is -2.34. The van der Waals surface area contributed by atoms with E-state index in [9.17, 15) is 9.59 Å². The molecule has 3 rings (SSSR count). The molecule has 1 saturated heterocycles. The van der Waals surface area contributed by atoms with Gasteiger partial charge in [-0.2, -0.15) is 0 Å². The number of halogens is 1. The van der Waals surface area contributed by atoms with Crippen LogP contribution >= 0.6 is 11.6 Å². The lowest BCUT2D eigenvalue weighted by atomic mass is 9.95. The summed E-state index contributed by atoms with van der Waals surface area (Å²) in [7, 11) is 0. The molecule has 28 heavy (non-hydrogen) atoms. The molecule has 0 radical (unpaired) electrons. The molecule has 1 aliphatic heterocycles. The first-order chi connectivity index (χ1) is 13.6. The zero-order valence-corrected chi connectivity index (χ0v) is 16.9. The van der Waals surface area contributed by atoms with Gasteiger partial charge in [0.05, 0.1) is 0 Å². The van der Waals surface area contributed by atoms with Crippen molar-refractivity contribution in [2.45, 2.75) is 26.3 Å². The molecule has 1 aliphatic rings. The van der Waals surface area contributed by atoms with E-state index in [4.69, 9.17) is 11.6 Å². The van der Waals surface area contributed by atoms with Crippen molar-refractivity contribution in [2.75, 3.05) is 25.0 Å². The number of amides is 3. The molecule has 2 aromatic carbocycles. The average molecular weight is 400 g/mol. The minimum atomic E-state index is -0.108. The quantitative estimate of drug-likeness (QED) is 0.796. The normalized spacial score (nSPS) is 14.6. The number of piperidine rings is 1. The molecule has 1 N–H and O–H groups in total. The van der Waals surface area contributed by atoms with Crippen LogP contribution in [0.4, 0.5) is 10.5 Å². The van der Waals surface area contributed by atoms with Gasteiger partial charge in [-0.3, -0.25) is 4.79 Å². The number of likely N-dealkylation sites (tertiary alicyclic amines) is 1. The lowest BCUT2D eigenvalue weighted by molar-refractivity contribution is -0.137. The van der Waals surface area contributed by atoms with Crippen molar-refractivity contribution in [2.24, 2.45) is 5.92 Å². The van der Waals surface area contributed by atoms with E-state index in [2.05, 4.69) is 5.32 Å². The first-order valence-corrected chi connectivity index (χ1v) is 10.1. The van der Waals surface area contributed by atoms with Crippen molar-refractivity contribution >= 4 is 29.2 Å². The SMILES string of the molecule is CCN(Cc1cccc(Cl)c1)C(=O)C1CCN(C(=O)Nc2ccccc2)CC1. The van der Waals surface area contributed by atoms with Gasteiger partial charge in [-0.25, -0.2) is 4.79 Å². The van der Waals surface area contributed by atoms with Gasteiger partial charge < -0.3 is 15.1 Å². The number of hydrogen-bond donors (Lipinski definition) is 1. The van der Waals surface area contributed by atoms with Crippen molar-refractivity contribution < 1.29 is 9.59 Å². The van der Waals surface area contributed by atoms with Crippen molar-refractivity contribution in [3.63, 3.8) is 0 Å². The first-order valence-electron chi connectivity index (χ1n) is 9.71. The number of nitrogens with one attached hydrogen (secondary N) is 1. The van der Waals surface area contributed by atoms with Crippen LogP contribution in [0.5, 0.6) is 0 Å². The number of para-hydroxylation sites is 1. The number of rotatable bonds is 5. The maximum Gasteiger partial charge on any atom is 0.321 e. The highest BCUT2D eigenvalue weighted by Gasteiger charge is 2.29. The smallest absolute Gasteiger partial charge is 0.321 e. The Morgan fingerprint density at radius 2 is 1.82 bits per heavy atom. The molecule has 148 valence electrons. The van der Waals surface area contributed by atoms with Crippen LogP contribution in [0, 0.1) is 5.92 Å². The average Bonchev–Trinajstić information content (AvgIpc) is 2.72. The molecule has 0 aromatic heterocycles. The van der Waals surface area contributed by atoms with Gasteiger partial charge >= 0.3 is 6.03 Å². The molecular formula is C22H26ClN3O2. The van der Waals surface area contributed by atoms with E-state index in [1.807, 2.05) is 66.4 Å². The molecular weight excluding hydrogens is 374 g/mol. The molecule has 0 saturated carbocycles. The standard InChI is InChI=1S/C22H26ClN3O2/c1-2-25(16-17-7-6-8-19(23)15-17)21(27)18-11-13-26(14-12-18)22(28)24-20-9-4-3-5-10-20/h3-10,15,18H,2,11-14,16H2,1H3,(H,24,28). The molecule has 5 nitrogen and oxygen atoms in total. The Morgan fingerprint density at radius 1 is 1.11 bits per heavy atom. The Hall–Kier alpha value is -2.53. The van der Waals surface area contributed by atoms with Crippen LogP contribution in [0.3, 0.4) is 0 Å². The van der Waals surface area contributed by atoms with E-state index in [-0.39, 0.29) is 17.9 Å². The monoisotopic (exact) mass is 399 g/mol. The molecule has 6 heteroatoms. The molecule has 1 fully saturated rings. The van der Waals surface area contributed by atoms with Gasteiger partial charge in [-0.1, -0.05) is 41.9 Å². The van der Waals surface area contributed by atoms with Crippen LogP contribution in [0.25, 0.3) is 0 Å². The third-order valence-electron chi connectivity index (χ3n) is 5.11. The van der Waals surface area contributed by atoms with Crippen LogP contribution in [-0.4, -0.2) is 41.4 Å². The summed E-state index contributed by atoms with van der Waals surface area (Å²) in [5.74, 6) is 0.116. The first kappa shape index (κ1) is 20.2. The molecule has 3 amide bonds.